The minimum Gasteiger partial charge on any atom is -0.406 e. The van der Waals surface area contributed by atoms with Crippen LogP contribution in [0.2, 0.25) is 0 Å². The Morgan fingerprint density at radius 1 is 0.971 bits per heavy atom. The molecule has 0 aliphatic carbocycles. The third kappa shape index (κ3) is 5.39. The van der Waals surface area contributed by atoms with Crippen LogP contribution in [-0.4, -0.2) is 32.1 Å². The van der Waals surface area contributed by atoms with Crippen LogP contribution in [0, 0.1) is 0 Å². The maximum atomic E-state index is 13.1. The maximum Gasteiger partial charge on any atom is 0.573 e. The van der Waals surface area contributed by atoms with Gasteiger partial charge >= 0.3 is 12.5 Å². The molecule has 0 saturated carbocycles. The van der Waals surface area contributed by atoms with Crippen LogP contribution in [-0.2, 0) is 6.18 Å². The summed E-state index contributed by atoms with van der Waals surface area (Å²) in [5, 5.41) is 7.42. The molecule has 0 fully saturated rings. The second kappa shape index (κ2) is 9.21. The highest BCUT2D eigenvalue weighted by Crippen LogP contribution is 2.32. The summed E-state index contributed by atoms with van der Waals surface area (Å²) in [6.45, 7) is 1.84. The van der Waals surface area contributed by atoms with Gasteiger partial charge in [0, 0.05) is 11.8 Å². The molecule has 2 aromatic carbocycles. The number of ether oxygens (including phenoxy) is 1. The van der Waals surface area contributed by atoms with Crippen LogP contribution in [0.1, 0.15) is 12.5 Å². The molecule has 2 heterocycles. The van der Waals surface area contributed by atoms with Crippen molar-refractivity contribution in [2.75, 3.05) is 5.75 Å². The molecule has 6 nitrogen and oxygen atoms in total. The summed E-state index contributed by atoms with van der Waals surface area (Å²) < 4.78 is 81.2. The molecular formula is C22H14F6N4O2S. The quantitative estimate of drug-likeness (QED) is 0.246. The van der Waals surface area contributed by atoms with Crippen molar-refractivity contribution in [3.63, 3.8) is 0 Å². The number of hydrogen-bond acceptors (Lipinski definition) is 6. The molecule has 35 heavy (non-hydrogen) atoms. The first-order valence-electron chi connectivity index (χ1n) is 9.92. The Kier molecular flexibility index (Phi) is 6.45. The van der Waals surface area contributed by atoms with Gasteiger partial charge in [0.1, 0.15) is 11.3 Å². The van der Waals surface area contributed by atoms with E-state index < -0.39 is 23.7 Å². The average Bonchev–Trinajstić information content (AvgIpc) is 2.79. The van der Waals surface area contributed by atoms with Gasteiger partial charge in [-0.25, -0.2) is 4.98 Å². The van der Waals surface area contributed by atoms with E-state index in [0.29, 0.717) is 27.8 Å². The van der Waals surface area contributed by atoms with Crippen LogP contribution in [0.25, 0.3) is 27.8 Å². The molecule has 0 amide bonds. The first kappa shape index (κ1) is 24.5. The predicted molar refractivity (Wildman–Crippen MR) is 116 cm³/mol. The number of halogens is 6. The van der Waals surface area contributed by atoms with Crippen LogP contribution >= 0.6 is 11.8 Å². The monoisotopic (exact) mass is 512 g/mol. The second-order valence-electron chi connectivity index (χ2n) is 7.09. The average molecular weight is 512 g/mol. The van der Waals surface area contributed by atoms with E-state index in [0.717, 1.165) is 28.9 Å². The maximum absolute atomic E-state index is 13.1. The normalized spacial score (nSPS) is 12.2. The minimum absolute atomic E-state index is 0.00160. The predicted octanol–water partition coefficient (Wildman–Crippen LogP) is 5.87. The SMILES string of the molecule is CCSc1cc(-c2ccc(OC(F)(F)F)cc2)cnc1-n1nnc2ccc(C(F)(F)F)cc2c1=O. The van der Waals surface area contributed by atoms with Gasteiger partial charge in [-0.05, 0) is 47.7 Å². The fourth-order valence-electron chi connectivity index (χ4n) is 3.22. The first-order chi connectivity index (χ1) is 16.5. The van der Waals surface area contributed by atoms with Crippen molar-refractivity contribution in [3.05, 3.63) is 70.6 Å². The Labute approximate surface area is 197 Å². The number of aromatic nitrogens is 4. The van der Waals surface area contributed by atoms with E-state index in [1.807, 2.05) is 6.92 Å². The minimum atomic E-state index is -4.81. The van der Waals surface area contributed by atoms with E-state index in [-0.39, 0.29) is 22.5 Å². The zero-order chi connectivity index (χ0) is 25.4. The molecule has 4 aromatic rings. The van der Waals surface area contributed by atoms with E-state index >= 15 is 0 Å². The van der Waals surface area contributed by atoms with Crippen molar-refractivity contribution in [2.45, 2.75) is 24.4 Å². The Bertz CT molecular complexity index is 1440. The summed E-state index contributed by atoms with van der Waals surface area (Å²) in [5.41, 5.74) is -0.756. The lowest BCUT2D eigenvalue weighted by molar-refractivity contribution is -0.274. The van der Waals surface area contributed by atoms with Crippen LogP contribution in [0.15, 0.2) is 64.4 Å². The fraction of sp³-hybridized carbons (Fsp3) is 0.182. The molecule has 0 aliphatic rings. The number of fused-ring (bicyclic) bond motifs is 1. The Morgan fingerprint density at radius 3 is 2.31 bits per heavy atom. The number of thioether (sulfide) groups is 1. The Balaban J connectivity index is 1.77. The molecule has 0 N–H and O–H groups in total. The summed E-state index contributed by atoms with van der Waals surface area (Å²) >= 11 is 1.29. The number of nitrogens with zero attached hydrogens (tertiary/aromatic N) is 4. The van der Waals surface area contributed by atoms with Gasteiger partial charge in [0.05, 0.1) is 15.8 Å². The molecule has 0 radical (unpaired) electrons. The van der Waals surface area contributed by atoms with Gasteiger partial charge < -0.3 is 4.74 Å². The summed E-state index contributed by atoms with van der Waals surface area (Å²) in [4.78, 5) is 17.8. The number of alkyl halides is 6. The highest BCUT2D eigenvalue weighted by molar-refractivity contribution is 7.99. The van der Waals surface area contributed by atoms with Gasteiger partial charge in [-0.3, -0.25) is 4.79 Å². The van der Waals surface area contributed by atoms with Gasteiger partial charge in [0.25, 0.3) is 5.56 Å². The van der Waals surface area contributed by atoms with E-state index in [4.69, 9.17) is 0 Å². The third-order valence-electron chi connectivity index (χ3n) is 4.74. The molecule has 0 unspecified atom stereocenters. The van der Waals surface area contributed by atoms with Crippen molar-refractivity contribution in [2.24, 2.45) is 0 Å². The highest BCUT2D eigenvalue weighted by Gasteiger charge is 2.32. The molecule has 0 spiro atoms. The van der Waals surface area contributed by atoms with Crippen LogP contribution in [0.5, 0.6) is 5.75 Å². The highest BCUT2D eigenvalue weighted by atomic mass is 32.2. The zero-order valence-electron chi connectivity index (χ0n) is 17.7. The first-order valence-corrected chi connectivity index (χ1v) is 10.9. The zero-order valence-corrected chi connectivity index (χ0v) is 18.5. The standard InChI is InChI=1S/C22H14F6N4O2S/c1-2-35-18-9-13(12-3-6-15(7-4-12)34-22(26,27)28)11-29-19(18)32-20(33)16-10-14(21(23,24)25)5-8-17(16)30-31-32/h3-11H,2H2,1H3. The van der Waals surface area contributed by atoms with Crippen LogP contribution < -0.4 is 10.3 Å². The lowest BCUT2D eigenvalue weighted by Gasteiger charge is -2.12. The molecule has 13 heteroatoms. The smallest absolute Gasteiger partial charge is 0.406 e. The lowest BCUT2D eigenvalue weighted by atomic mass is 10.1. The van der Waals surface area contributed by atoms with E-state index in [1.165, 1.54) is 30.1 Å². The van der Waals surface area contributed by atoms with Gasteiger partial charge in [-0.15, -0.1) is 30.0 Å². The fourth-order valence-corrected chi connectivity index (χ4v) is 4.01. The van der Waals surface area contributed by atoms with Crippen molar-refractivity contribution >= 4 is 22.7 Å². The van der Waals surface area contributed by atoms with Crippen molar-refractivity contribution in [3.8, 4) is 22.7 Å². The van der Waals surface area contributed by atoms with Crippen molar-refractivity contribution < 1.29 is 31.1 Å². The van der Waals surface area contributed by atoms with Gasteiger partial charge in [0.15, 0.2) is 5.82 Å². The van der Waals surface area contributed by atoms with Gasteiger partial charge in [-0.1, -0.05) is 24.3 Å². The topological polar surface area (TPSA) is 69.9 Å². The molecule has 0 bridgehead atoms. The molecule has 182 valence electrons. The Hall–Kier alpha value is -3.61. The molecule has 4 rings (SSSR count). The number of pyridine rings is 1. The molecule has 0 aliphatic heterocycles. The number of hydrogen-bond donors (Lipinski definition) is 0. The number of rotatable bonds is 5. The summed E-state index contributed by atoms with van der Waals surface area (Å²) in [7, 11) is 0. The third-order valence-corrected chi connectivity index (χ3v) is 5.64. The molecular weight excluding hydrogens is 498 g/mol. The summed E-state index contributed by atoms with van der Waals surface area (Å²) in [5.74, 6) is 0.240. The van der Waals surface area contributed by atoms with Crippen molar-refractivity contribution in [1.82, 2.24) is 20.0 Å². The number of benzene rings is 2. The molecule has 0 saturated heterocycles. The summed E-state index contributed by atoms with van der Waals surface area (Å²) in [6, 6.07) is 9.40. The largest absolute Gasteiger partial charge is 0.573 e. The van der Waals surface area contributed by atoms with Crippen LogP contribution in [0.3, 0.4) is 0 Å². The van der Waals surface area contributed by atoms with E-state index in [2.05, 4.69) is 20.0 Å². The van der Waals surface area contributed by atoms with E-state index in [1.54, 1.807) is 6.07 Å². The summed E-state index contributed by atoms with van der Waals surface area (Å²) in [6.07, 6.45) is -8.08. The van der Waals surface area contributed by atoms with Crippen molar-refractivity contribution in [1.29, 1.82) is 0 Å². The van der Waals surface area contributed by atoms with Gasteiger partial charge in [-0.2, -0.15) is 17.9 Å². The van der Waals surface area contributed by atoms with Crippen LogP contribution in [0.4, 0.5) is 26.3 Å². The second-order valence-corrected chi connectivity index (χ2v) is 8.39. The van der Waals surface area contributed by atoms with Gasteiger partial charge in [0.2, 0.25) is 0 Å². The lowest BCUT2D eigenvalue weighted by Crippen LogP contribution is -2.24. The molecule has 0 atom stereocenters. The Morgan fingerprint density at radius 2 is 1.69 bits per heavy atom. The van der Waals surface area contributed by atoms with E-state index in [9.17, 15) is 31.1 Å². The molecule has 2 aromatic heterocycles.